The molecular formula is C14H9ClF3N3O2S. The molecule has 0 unspecified atom stereocenters. The first-order valence-corrected chi connectivity index (χ1v) is 8.24. The molecule has 0 aliphatic carbocycles. The number of benzene rings is 1. The Hall–Kier alpha value is -2.26. The summed E-state index contributed by atoms with van der Waals surface area (Å²) in [5.74, 6) is -0.394. The molecule has 0 spiro atoms. The first kappa shape index (κ1) is 16.6. The SMILES string of the molecule is O=Nc1c(O)n(Cc2ncc(S(F)(F)F)cc2Cl)c2ccccc12. The molecule has 0 bridgehead atoms. The van der Waals surface area contributed by atoms with Crippen LogP contribution in [0.1, 0.15) is 5.69 Å². The molecule has 5 nitrogen and oxygen atoms in total. The van der Waals surface area contributed by atoms with Gasteiger partial charge in [-0.3, -0.25) is 4.98 Å². The maximum absolute atomic E-state index is 12.7. The van der Waals surface area contributed by atoms with Gasteiger partial charge in [-0.05, 0) is 17.3 Å². The Morgan fingerprint density at radius 1 is 1.29 bits per heavy atom. The summed E-state index contributed by atoms with van der Waals surface area (Å²) in [4.78, 5) is 13.8. The highest BCUT2D eigenvalue weighted by Crippen LogP contribution is 2.60. The number of hydrogen-bond acceptors (Lipinski definition) is 4. The second-order valence-corrected chi connectivity index (χ2v) is 6.56. The van der Waals surface area contributed by atoms with E-state index in [4.69, 9.17) is 11.6 Å². The van der Waals surface area contributed by atoms with Gasteiger partial charge in [0.2, 0.25) is 17.1 Å². The fourth-order valence-electron chi connectivity index (χ4n) is 2.36. The predicted octanol–water partition coefficient (Wildman–Crippen LogP) is 5.66. The van der Waals surface area contributed by atoms with Crippen molar-refractivity contribution in [2.45, 2.75) is 11.4 Å². The average molecular weight is 376 g/mol. The molecule has 0 fully saturated rings. The second-order valence-electron chi connectivity index (χ2n) is 4.87. The van der Waals surface area contributed by atoms with Gasteiger partial charge >= 0.3 is 0 Å². The van der Waals surface area contributed by atoms with Gasteiger partial charge in [-0.25, -0.2) is 0 Å². The van der Waals surface area contributed by atoms with E-state index >= 15 is 0 Å². The summed E-state index contributed by atoms with van der Waals surface area (Å²) in [6.07, 6.45) is 0.707. The number of nitrogens with zero attached hydrogens (tertiary/aromatic N) is 3. The molecular weight excluding hydrogens is 367 g/mol. The number of fused-ring (bicyclic) bond motifs is 1. The van der Waals surface area contributed by atoms with E-state index in [0.29, 0.717) is 17.1 Å². The van der Waals surface area contributed by atoms with E-state index < -0.39 is 22.0 Å². The monoisotopic (exact) mass is 375 g/mol. The van der Waals surface area contributed by atoms with Crippen LogP contribution in [0, 0.1) is 4.91 Å². The van der Waals surface area contributed by atoms with Crippen molar-refractivity contribution in [2.75, 3.05) is 0 Å². The largest absolute Gasteiger partial charge is 0.493 e. The van der Waals surface area contributed by atoms with Crippen molar-refractivity contribution in [3.05, 3.63) is 52.2 Å². The Kier molecular flexibility index (Phi) is 4.14. The molecule has 0 amide bonds. The fourth-order valence-corrected chi connectivity index (χ4v) is 3.08. The van der Waals surface area contributed by atoms with E-state index in [9.17, 15) is 21.7 Å². The smallest absolute Gasteiger partial charge is 0.239 e. The predicted molar refractivity (Wildman–Crippen MR) is 86.6 cm³/mol. The molecule has 2 aromatic heterocycles. The van der Waals surface area contributed by atoms with Crippen LogP contribution in [0.4, 0.5) is 17.3 Å². The maximum atomic E-state index is 12.7. The quantitative estimate of drug-likeness (QED) is 0.598. The van der Waals surface area contributed by atoms with Gasteiger partial charge in [-0.1, -0.05) is 29.8 Å². The van der Waals surface area contributed by atoms with Crippen molar-refractivity contribution in [3.8, 4) is 5.88 Å². The Morgan fingerprint density at radius 3 is 2.62 bits per heavy atom. The number of para-hydroxylation sites is 1. The van der Waals surface area contributed by atoms with Crippen molar-refractivity contribution in [1.82, 2.24) is 9.55 Å². The molecule has 0 aliphatic heterocycles. The average Bonchev–Trinajstić information content (AvgIpc) is 2.80. The molecule has 0 atom stereocenters. The standard InChI is InChI=1S/C14H9ClF3N3O2S/c15-10-5-8(24(16,17)18)6-19-11(10)7-21-12-4-2-1-3-9(12)13(20-23)14(21)22/h1-6,22H,7H2. The van der Waals surface area contributed by atoms with Gasteiger partial charge in [-0.15, -0.1) is 16.6 Å². The highest BCUT2D eigenvalue weighted by Gasteiger charge is 2.26. The lowest BCUT2D eigenvalue weighted by molar-refractivity contribution is 0.429. The Labute approximate surface area is 140 Å². The normalized spacial score (nSPS) is 12.5. The van der Waals surface area contributed by atoms with Crippen molar-refractivity contribution in [2.24, 2.45) is 5.18 Å². The Balaban J connectivity index is 2.08. The molecule has 1 aromatic carbocycles. The lowest BCUT2D eigenvalue weighted by atomic mass is 10.2. The highest BCUT2D eigenvalue weighted by molar-refractivity contribution is 8.20. The summed E-state index contributed by atoms with van der Waals surface area (Å²) in [5.41, 5.74) is 0.489. The van der Waals surface area contributed by atoms with Crippen LogP contribution in [-0.4, -0.2) is 14.7 Å². The summed E-state index contributed by atoms with van der Waals surface area (Å²) in [6.45, 7) is -0.103. The summed E-state index contributed by atoms with van der Waals surface area (Å²) in [6, 6.07) is 7.42. The number of pyridine rings is 1. The molecule has 126 valence electrons. The van der Waals surface area contributed by atoms with Crippen LogP contribution in [-0.2, 0) is 6.54 Å². The number of rotatable bonds is 4. The van der Waals surface area contributed by atoms with Gasteiger partial charge in [0.1, 0.15) is 0 Å². The van der Waals surface area contributed by atoms with Crippen molar-refractivity contribution < 1.29 is 16.8 Å². The van der Waals surface area contributed by atoms with Crippen LogP contribution in [0.3, 0.4) is 0 Å². The molecule has 1 N–H and O–H groups in total. The first-order valence-electron chi connectivity index (χ1n) is 6.53. The minimum Gasteiger partial charge on any atom is -0.493 e. The summed E-state index contributed by atoms with van der Waals surface area (Å²) >= 11 is 0.483. The van der Waals surface area contributed by atoms with Crippen molar-refractivity contribution in [3.63, 3.8) is 0 Å². The van der Waals surface area contributed by atoms with Gasteiger partial charge < -0.3 is 9.67 Å². The summed E-state index contributed by atoms with van der Waals surface area (Å²) < 4.78 is 39.5. The maximum Gasteiger partial charge on any atom is 0.239 e. The zero-order valence-electron chi connectivity index (χ0n) is 11.8. The lowest BCUT2D eigenvalue weighted by Crippen LogP contribution is -2.02. The number of aromatic nitrogens is 2. The van der Waals surface area contributed by atoms with Gasteiger partial charge in [0, 0.05) is 11.6 Å². The minimum absolute atomic E-state index is 0.103. The third-order valence-electron chi connectivity index (χ3n) is 3.48. The zero-order valence-corrected chi connectivity index (χ0v) is 13.4. The van der Waals surface area contributed by atoms with Crippen LogP contribution in [0.25, 0.3) is 10.9 Å². The van der Waals surface area contributed by atoms with Crippen LogP contribution in [0.15, 0.2) is 46.6 Å². The number of halogens is 4. The van der Waals surface area contributed by atoms with Crippen LogP contribution in [0.2, 0.25) is 5.02 Å². The molecule has 3 aromatic rings. The molecule has 10 heteroatoms. The molecule has 0 aliphatic rings. The van der Waals surface area contributed by atoms with E-state index in [2.05, 4.69) is 10.2 Å². The lowest BCUT2D eigenvalue weighted by Gasteiger charge is -2.12. The Bertz CT molecular complexity index is 943. The van der Waals surface area contributed by atoms with E-state index in [0.717, 1.165) is 6.07 Å². The van der Waals surface area contributed by atoms with E-state index in [1.807, 2.05) is 0 Å². The van der Waals surface area contributed by atoms with Crippen molar-refractivity contribution >= 4 is 39.4 Å². The molecule has 0 saturated heterocycles. The molecule has 3 rings (SSSR count). The zero-order chi connectivity index (χ0) is 17.5. The van der Waals surface area contributed by atoms with E-state index in [1.54, 1.807) is 24.3 Å². The highest BCUT2D eigenvalue weighted by atomic mass is 35.5. The molecule has 0 saturated carbocycles. The van der Waals surface area contributed by atoms with Crippen LogP contribution < -0.4 is 0 Å². The third kappa shape index (κ3) is 2.80. The molecule has 0 radical (unpaired) electrons. The second kappa shape index (κ2) is 5.99. The van der Waals surface area contributed by atoms with Gasteiger partial charge in [0.25, 0.3) is 0 Å². The molecule has 2 heterocycles. The van der Waals surface area contributed by atoms with Gasteiger partial charge in [0.05, 0.1) is 27.7 Å². The third-order valence-corrected chi connectivity index (χ3v) is 4.56. The first-order chi connectivity index (χ1) is 11.3. The Morgan fingerprint density at radius 2 is 2.00 bits per heavy atom. The summed E-state index contributed by atoms with van der Waals surface area (Å²) in [5, 5.41) is 13.2. The van der Waals surface area contributed by atoms with Gasteiger partial charge in [-0.2, -0.15) is 0 Å². The van der Waals surface area contributed by atoms with Crippen LogP contribution >= 0.6 is 22.8 Å². The number of nitroso groups, excluding NO2 is 1. The minimum atomic E-state index is -5.42. The topological polar surface area (TPSA) is 67.5 Å². The van der Waals surface area contributed by atoms with Gasteiger partial charge in [0.15, 0.2) is 5.69 Å². The van der Waals surface area contributed by atoms with E-state index in [-0.39, 0.29) is 22.9 Å². The summed E-state index contributed by atoms with van der Waals surface area (Å²) in [7, 11) is 0. The van der Waals surface area contributed by atoms with E-state index in [1.165, 1.54) is 4.57 Å². The van der Waals surface area contributed by atoms with Crippen molar-refractivity contribution in [1.29, 1.82) is 0 Å². The number of aromatic hydroxyl groups is 1. The molecule has 24 heavy (non-hydrogen) atoms. The fraction of sp³-hybridized carbons (Fsp3) is 0.0714. The number of hydrogen-bond donors (Lipinski definition) is 1. The van der Waals surface area contributed by atoms with Crippen LogP contribution in [0.5, 0.6) is 5.88 Å².